The molecular formula is C11H20N2O2. The molecule has 1 saturated heterocycles. The van der Waals surface area contributed by atoms with Gasteiger partial charge < -0.3 is 15.4 Å². The first-order valence-corrected chi connectivity index (χ1v) is 5.84. The number of carbonyl (C=O) groups excluding carboxylic acids is 1. The SMILES string of the molecule is C[C@H](N)C(=O)N1CCOC[C@H]2CCC[C@H]21. The van der Waals surface area contributed by atoms with Crippen molar-refractivity contribution in [2.24, 2.45) is 11.7 Å². The van der Waals surface area contributed by atoms with Crippen molar-refractivity contribution in [1.29, 1.82) is 0 Å². The molecule has 2 N–H and O–H groups in total. The molecule has 2 fully saturated rings. The van der Waals surface area contributed by atoms with Gasteiger partial charge in [-0.05, 0) is 19.8 Å². The zero-order valence-corrected chi connectivity index (χ0v) is 9.32. The van der Waals surface area contributed by atoms with Crippen molar-refractivity contribution in [3.8, 4) is 0 Å². The second-order valence-corrected chi connectivity index (χ2v) is 4.65. The van der Waals surface area contributed by atoms with Gasteiger partial charge in [-0.3, -0.25) is 4.79 Å². The van der Waals surface area contributed by atoms with Crippen LogP contribution >= 0.6 is 0 Å². The van der Waals surface area contributed by atoms with Crippen molar-refractivity contribution >= 4 is 5.91 Å². The standard InChI is InChI=1S/C11H20N2O2/c1-8(12)11(14)13-5-6-15-7-9-3-2-4-10(9)13/h8-10H,2-7,12H2,1H3/t8-,9+,10+/m0/s1. The van der Waals surface area contributed by atoms with Crippen LogP contribution in [0.2, 0.25) is 0 Å². The summed E-state index contributed by atoms with van der Waals surface area (Å²) in [5.74, 6) is 0.618. The van der Waals surface area contributed by atoms with Crippen LogP contribution in [-0.2, 0) is 9.53 Å². The van der Waals surface area contributed by atoms with E-state index >= 15 is 0 Å². The third-order valence-corrected chi connectivity index (χ3v) is 3.50. The van der Waals surface area contributed by atoms with Gasteiger partial charge in [0.25, 0.3) is 0 Å². The van der Waals surface area contributed by atoms with Crippen LogP contribution in [-0.4, -0.2) is 42.6 Å². The molecule has 0 aromatic carbocycles. The lowest BCUT2D eigenvalue weighted by molar-refractivity contribution is -0.134. The van der Waals surface area contributed by atoms with Gasteiger partial charge in [-0.15, -0.1) is 0 Å². The molecule has 2 aliphatic rings. The summed E-state index contributed by atoms with van der Waals surface area (Å²) >= 11 is 0. The van der Waals surface area contributed by atoms with E-state index in [9.17, 15) is 4.79 Å². The average molecular weight is 212 g/mol. The summed E-state index contributed by atoms with van der Waals surface area (Å²) in [6.45, 7) is 3.94. The van der Waals surface area contributed by atoms with Crippen molar-refractivity contribution in [2.75, 3.05) is 19.8 Å². The molecule has 4 heteroatoms. The van der Waals surface area contributed by atoms with E-state index in [2.05, 4.69) is 0 Å². The zero-order valence-electron chi connectivity index (χ0n) is 9.32. The molecule has 1 amide bonds. The number of nitrogens with two attached hydrogens (primary N) is 1. The lowest BCUT2D eigenvalue weighted by atomic mass is 10.0. The highest BCUT2D eigenvalue weighted by molar-refractivity contribution is 5.81. The molecule has 0 bridgehead atoms. The smallest absolute Gasteiger partial charge is 0.239 e. The quantitative estimate of drug-likeness (QED) is 0.683. The van der Waals surface area contributed by atoms with Crippen LogP contribution in [0.1, 0.15) is 26.2 Å². The van der Waals surface area contributed by atoms with E-state index in [1.165, 1.54) is 12.8 Å². The number of ether oxygens (including phenoxy) is 1. The fourth-order valence-electron chi connectivity index (χ4n) is 2.72. The van der Waals surface area contributed by atoms with Gasteiger partial charge in [-0.1, -0.05) is 6.42 Å². The molecule has 2 rings (SSSR count). The van der Waals surface area contributed by atoms with Crippen molar-refractivity contribution < 1.29 is 9.53 Å². The van der Waals surface area contributed by atoms with Gasteiger partial charge in [0.2, 0.25) is 5.91 Å². The fraction of sp³-hybridized carbons (Fsp3) is 0.909. The monoisotopic (exact) mass is 212 g/mol. The van der Waals surface area contributed by atoms with Crippen LogP contribution in [0.15, 0.2) is 0 Å². The molecular weight excluding hydrogens is 192 g/mol. The van der Waals surface area contributed by atoms with Gasteiger partial charge in [0.1, 0.15) is 0 Å². The van der Waals surface area contributed by atoms with Gasteiger partial charge in [-0.2, -0.15) is 0 Å². The first-order valence-electron chi connectivity index (χ1n) is 5.84. The second kappa shape index (κ2) is 4.49. The Hall–Kier alpha value is -0.610. The topological polar surface area (TPSA) is 55.6 Å². The number of fused-ring (bicyclic) bond motifs is 1. The van der Waals surface area contributed by atoms with Crippen molar-refractivity contribution in [3.63, 3.8) is 0 Å². The summed E-state index contributed by atoms with van der Waals surface area (Å²) in [5.41, 5.74) is 5.67. The summed E-state index contributed by atoms with van der Waals surface area (Å²) in [7, 11) is 0. The summed E-state index contributed by atoms with van der Waals surface area (Å²) < 4.78 is 5.53. The van der Waals surface area contributed by atoms with Crippen LogP contribution in [0.4, 0.5) is 0 Å². The third-order valence-electron chi connectivity index (χ3n) is 3.50. The van der Waals surface area contributed by atoms with Gasteiger partial charge in [0.05, 0.1) is 19.3 Å². The molecule has 0 radical (unpaired) electrons. The van der Waals surface area contributed by atoms with Crippen molar-refractivity contribution in [1.82, 2.24) is 4.90 Å². The van der Waals surface area contributed by atoms with Crippen LogP contribution in [0, 0.1) is 5.92 Å². The van der Waals surface area contributed by atoms with E-state index in [0.29, 0.717) is 25.1 Å². The van der Waals surface area contributed by atoms with Gasteiger partial charge in [0, 0.05) is 18.5 Å². The van der Waals surface area contributed by atoms with Gasteiger partial charge in [0.15, 0.2) is 0 Å². The molecule has 0 aromatic heterocycles. The summed E-state index contributed by atoms with van der Waals surface area (Å²) in [6.07, 6.45) is 3.52. The molecule has 15 heavy (non-hydrogen) atoms. The molecule has 0 unspecified atom stereocenters. The van der Waals surface area contributed by atoms with Crippen LogP contribution in [0.5, 0.6) is 0 Å². The van der Waals surface area contributed by atoms with E-state index in [4.69, 9.17) is 10.5 Å². The maximum atomic E-state index is 11.9. The van der Waals surface area contributed by atoms with Crippen LogP contribution in [0.25, 0.3) is 0 Å². The largest absolute Gasteiger partial charge is 0.379 e. The van der Waals surface area contributed by atoms with E-state index in [1.54, 1.807) is 6.92 Å². The number of hydrogen-bond acceptors (Lipinski definition) is 3. The first kappa shape index (κ1) is 10.9. The number of carbonyl (C=O) groups is 1. The van der Waals surface area contributed by atoms with Crippen molar-refractivity contribution in [3.05, 3.63) is 0 Å². The zero-order chi connectivity index (χ0) is 10.8. The molecule has 86 valence electrons. The maximum Gasteiger partial charge on any atom is 0.239 e. The minimum absolute atomic E-state index is 0.0809. The summed E-state index contributed by atoms with van der Waals surface area (Å²) in [5, 5.41) is 0. The van der Waals surface area contributed by atoms with E-state index in [-0.39, 0.29) is 11.9 Å². The Kier molecular flexibility index (Phi) is 3.26. The normalized spacial score (nSPS) is 33.3. The van der Waals surface area contributed by atoms with Crippen LogP contribution < -0.4 is 5.73 Å². The van der Waals surface area contributed by atoms with E-state index in [0.717, 1.165) is 13.0 Å². The highest BCUT2D eigenvalue weighted by Gasteiger charge is 2.36. The highest BCUT2D eigenvalue weighted by atomic mass is 16.5. The third kappa shape index (κ3) is 2.16. The predicted octanol–water partition coefficient (Wildman–Crippen LogP) is 0.361. The van der Waals surface area contributed by atoms with Gasteiger partial charge in [-0.25, -0.2) is 0 Å². The number of nitrogens with zero attached hydrogens (tertiary/aromatic N) is 1. The molecule has 1 heterocycles. The van der Waals surface area contributed by atoms with E-state index < -0.39 is 0 Å². The van der Waals surface area contributed by atoms with Crippen molar-refractivity contribution in [2.45, 2.75) is 38.3 Å². The highest BCUT2D eigenvalue weighted by Crippen LogP contribution is 2.31. The Labute approximate surface area is 90.8 Å². The minimum atomic E-state index is -0.385. The Morgan fingerprint density at radius 1 is 1.53 bits per heavy atom. The maximum absolute atomic E-state index is 11.9. The Morgan fingerprint density at radius 2 is 2.33 bits per heavy atom. The lowest BCUT2D eigenvalue weighted by Crippen LogP contribution is -2.49. The number of rotatable bonds is 1. The Bertz CT molecular complexity index is 243. The molecule has 0 spiro atoms. The van der Waals surface area contributed by atoms with E-state index in [1.807, 2.05) is 4.90 Å². The number of hydrogen-bond donors (Lipinski definition) is 1. The second-order valence-electron chi connectivity index (χ2n) is 4.65. The fourth-order valence-corrected chi connectivity index (χ4v) is 2.72. The molecule has 0 aromatic rings. The number of amides is 1. The minimum Gasteiger partial charge on any atom is -0.379 e. The first-order chi connectivity index (χ1) is 7.20. The van der Waals surface area contributed by atoms with Crippen LogP contribution in [0.3, 0.4) is 0 Å². The lowest BCUT2D eigenvalue weighted by Gasteiger charge is -2.31. The molecule has 1 aliphatic carbocycles. The van der Waals surface area contributed by atoms with Gasteiger partial charge >= 0.3 is 0 Å². The average Bonchev–Trinajstić information content (AvgIpc) is 2.57. The Balaban J connectivity index is 2.10. The molecule has 3 atom stereocenters. The summed E-state index contributed by atoms with van der Waals surface area (Å²) in [4.78, 5) is 13.9. The molecule has 4 nitrogen and oxygen atoms in total. The Morgan fingerprint density at radius 3 is 3.07 bits per heavy atom. The summed E-state index contributed by atoms with van der Waals surface area (Å²) in [6, 6.07) is -0.00431. The molecule has 1 aliphatic heterocycles. The predicted molar refractivity (Wildman–Crippen MR) is 57.3 cm³/mol. The molecule has 1 saturated carbocycles.